The van der Waals surface area contributed by atoms with Gasteiger partial charge in [-0.1, -0.05) is 20.8 Å². The molecular formula is C21H30. The Balaban J connectivity index is 3.26. The van der Waals surface area contributed by atoms with Crippen LogP contribution in [-0.2, 0) is 5.41 Å². The molecule has 0 atom stereocenters. The zero-order chi connectivity index (χ0) is 16.3. The molecule has 0 aliphatic carbocycles. The summed E-state index contributed by atoms with van der Waals surface area (Å²) in [4.78, 5) is 0. The van der Waals surface area contributed by atoms with Gasteiger partial charge in [-0.3, -0.25) is 0 Å². The fraction of sp³-hybridized carbons (Fsp3) is 0.524. The smallest absolute Gasteiger partial charge is 0.0106 e. The molecule has 0 aromatic heterocycles. The van der Waals surface area contributed by atoms with E-state index in [4.69, 9.17) is 0 Å². The molecule has 2 aromatic rings. The van der Waals surface area contributed by atoms with Gasteiger partial charge in [-0.15, -0.1) is 0 Å². The summed E-state index contributed by atoms with van der Waals surface area (Å²) in [5.41, 5.74) is 11.9. The fourth-order valence-corrected chi connectivity index (χ4v) is 3.88. The zero-order valence-corrected chi connectivity index (χ0v) is 15.5. The molecular weight excluding hydrogens is 252 g/mol. The molecule has 0 bridgehead atoms. The summed E-state index contributed by atoms with van der Waals surface area (Å²) in [6.07, 6.45) is 0. The Hall–Kier alpha value is -1.30. The van der Waals surface area contributed by atoms with Gasteiger partial charge in [0, 0.05) is 0 Å². The van der Waals surface area contributed by atoms with Crippen LogP contribution in [0.2, 0.25) is 0 Å². The predicted octanol–water partition coefficient (Wildman–Crippen LogP) is 6.30. The van der Waals surface area contributed by atoms with Crippen molar-refractivity contribution in [2.45, 2.75) is 74.7 Å². The highest BCUT2D eigenvalue weighted by Crippen LogP contribution is 2.41. The van der Waals surface area contributed by atoms with Gasteiger partial charge in [0.25, 0.3) is 0 Å². The van der Waals surface area contributed by atoms with Gasteiger partial charge in [-0.25, -0.2) is 0 Å². The highest BCUT2D eigenvalue weighted by Gasteiger charge is 2.25. The maximum atomic E-state index is 2.34. The topological polar surface area (TPSA) is 0 Å². The first-order chi connectivity index (χ1) is 9.50. The third-order valence-electron chi connectivity index (χ3n) is 5.56. The van der Waals surface area contributed by atoms with Crippen LogP contribution in [-0.4, -0.2) is 0 Å². The van der Waals surface area contributed by atoms with Gasteiger partial charge in [0.1, 0.15) is 0 Å². The van der Waals surface area contributed by atoms with E-state index in [9.17, 15) is 0 Å². The van der Waals surface area contributed by atoms with Crippen LogP contribution in [0.15, 0.2) is 0 Å². The highest BCUT2D eigenvalue weighted by atomic mass is 14.3. The summed E-state index contributed by atoms with van der Waals surface area (Å²) in [5, 5.41) is 2.99. The molecule has 2 aromatic carbocycles. The van der Waals surface area contributed by atoms with Crippen molar-refractivity contribution in [2.24, 2.45) is 0 Å². The second-order valence-electron chi connectivity index (χ2n) is 7.75. The Kier molecular flexibility index (Phi) is 3.72. The molecule has 21 heavy (non-hydrogen) atoms. The van der Waals surface area contributed by atoms with Gasteiger partial charge in [0.15, 0.2) is 0 Å². The summed E-state index contributed by atoms with van der Waals surface area (Å²) in [6, 6.07) is 0. The van der Waals surface area contributed by atoms with Gasteiger partial charge in [0.05, 0.1) is 0 Å². The van der Waals surface area contributed by atoms with Crippen LogP contribution >= 0.6 is 0 Å². The molecule has 0 amide bonds. The zero-order valence-electron chi connectivity index (χ0n) is 15.5. The van der Waals surface area contributed by atoms with Crippen LogP contribution in [0.4, 0.5) is 0 Å². The normalized spacial score (nSPS) is 12.3. The summed E-state index contributed by atoms with van der Waals surface area (Å²) in [7, 11) is 0. The lowest BCUT2D eigenvalue weighted by Crippen LogP contribution is -2.17. The van der Waals surface area contributed by atoms with Crippen molar-refractivity contribution in [1.29, 1.82) is 0 Å². The van der Waals surface area contributed by atoms with E-state index in [0.717, 1.165) is 0 Å². The van der Waals surface area contributed by atoms with Gasteiger partial charge < -0.3 is 0 Å². The Morgan fingerprint density at radius 3 is 1.14 bits per heavy atom. The molecule has 0 saturated carbocycles. The largest absolute Gasteiger partial charge is 0.0560 e. The van der Waals surface area contributed by atoms with E-state index in [2.05, 4.69) is 69.2 Å². The molecule has 0 heteroatoms. The predicted molar refractivity (Wildman–Crippen MR) is 95.8 cm³/mol. The van der Waals surface area contributed by atoms with E-state index in [1.54, 1.807) is 0 Å². The lowest BCUT2D eigenvalue weighted by atomic mass is 9.75. The highest BCUT2D eigenvalue weighted by molar-refractivity contribution is 5.98. The maximum absolute atomic E-state index is 2.34. The molecule has 0 N–H and O–H groups in total. The molecule has 0 nitrogen and oxygen atoms in total. The molecule has 0 fully saturated rings. The molecule has 0 spiro atoms. The Bertz CT molecular complexity index is 729. The molecule has 0 aliphatic heterocycles. The number of benzene rings is 2. The van der Waals surface area contributed by atoms with Gasteiger partial charge in [-0.05, 0) is 109 Å². The summed E-state index contributed by atoms with van der Waals surface area (Å²) in [6.45, 7) is 23.0. The van der Waals surface area contributed by atoms with Crippen LogP contribution in [0.25, 0.3) is 10.8 Å². The SMILES string of the molecule is Cc1c(C)c(C)c2c(C(C)(C)C)c(C)c(C)c(C)c2c1C. The third kappa shape index (κ3) is 2.20. The van der Waals surface area contributed by atoms with Gasteiger partial charge >= 0.3 is 0 Å². The number of hydrogen-bond acceptors (Lipinski definition) is 0. The van der Waals surface area contributed by atoms with Crippen molar-refractivity contribution in [3.63, 3.8) is 0 Å². The van der Waals surface area contributed by atoms with Crippen molar-refractivity contribution in [2.75, 3.05) is 0 Å². The molecule has 2 rings (SSSR count). The minimum Gasteiger partial charge on any atom is -0.0560 e. The average molecular weight is 282 g/mol. The Morgan fingerprint density at radius 1 is 0.429 bits per heavy atom. The van der Waals surface area contributed by atoms with E-state index in [0.29, 0.717) is 0 Å². The molecule has 0 radical (unpaired) electrons. The maximum Gasteiger partial charge on any atom is -0.0106 e. The van der Waals surface area contributed by atoms with Gasteiger partial charge in [-0.2, -0.15) is 0 Å². The Morgan fingerprint density at radius 2 is 0.762 bits per heavy atom. The van der Waals surface area contributed by atoms with Crippen molar-refractivity contribution >= 4 is 10.8 Å². The second-order valence-corrected chi connectivity index (χ2v) is 7.75. The van der Waals surface area contributed by atoms with Crippen molar-refractivity contribution in [3.8, 4) is 0 Å². The van der Waals surface area contributed by atoms with Crippen molar-refractivity contribution < 1.29 is 0 Å². The molecule has 0 saturated heterocycles. The summed E-state index contributed by atoms with van der Waals surface area (Å²) in [5.74, 6) is 0. The van der Waals surface area contributed by atoms with E-state index >= 15 is 0 Å². The van der Waals surface area contributed by atoms with E-state index in [-0.39, 0.29) is 5.41 Å². The van der Waals surface area contributed by atoms with Crippen LogP contribution < -0.4 is 0 Å². The van der Waals surface area contributed by atoms with Crippen molar-refractivity contribution in [3.05, 3.63) is 44.5 Å². The molecule has 0 unspecified atom stereocenters. The first kappa shape index (κ1) is 16.1. The quantitative estimate of drug-likeness (QED) is 0.532. The monoisotopic (exact) mass is 282 g/mol. The Labute approximate surface area is 130 Å². The van der Waals surface area contributed by atoms with E-state index < -0.39 is 0 Å². The first-order valence-electron chi connectivity index (χ1n) is 8.00. The van der Waals surface area contributed by atoms with Crippen molar-refractivity contribution in [1.82, 2.24) is 0 Å². The molecule has 0 heterocycles. The third-order valence-corrected chi connectivity index (χ3v) is 5.56. The lowest BCUT2D eigenvalue weighted by molar-refractivity contribution is 0.591. The van der Waals surface area contributed by atoms with Crippen LogP contribution in [0.5, 0.6) is 0 Å². The van der Waals surface area contributed by atoms with E-state index in [1.807, 2.05) is 0 Å². The van der Waals surface area contributed by atoms with Crippen LogP contribution in [0, 0.1) is 48.5 Å². The fourth-order valence-electron chi connectivity index (χ4n) is 3.88. The number of fused-ring (bicyclic) bond motifs is 1. The molecule has 114 valence electrons. The van der Waals surface area contributed by atoms with Crippen LogP contribution in [0.1, 0.15) is 65.3 Å². The molecule has 0 aliphatic rings. The minimum absolute atomic E-state index is 0.166. The summed E-state index contributed by atoms with van der Waals surface area (Å²) < 4.78 is 0. The second kappa shape index (κ2) is 4.87. The standard InChI is InChI=1S/C21H30/c1-11-12(2)16(6)19-18(14(11)4)15(5)13(3)17(7)20(19)21(8,9)10/h1-10H3. The average Bonchev–Trinajstić information content (AvgIpc) is 2.38. The van der Waals surface area contributed by atoms with E-state index in [1.165, 1.54) is 55.3 Å². The lowest BCUT2D eigenvalue weighted by Gasteiger charge is -2.30. The minimum atomic E-state index is 0.166. The first-order valence-corrected chi connectivity index (χ1v) is 8.00. The van der Waals surface area contributed by atoms with Gasteiger partial charge in [0.2, 0.25) is 0 Å². The van der Waals surface area contributed by atoms with Crippen LogP contribution in [0.3, 0.4) is 0 Å². The number of hydrogen-bond donors (Lipinski definition) is 0. The summed E-state index contributed by atoms with van der Waals surface area (Å²) >= 11 is 0. The number of rotatable bonds is 0. The number of aryl methyl sites for hydroxylation is 3.